The number of amides is 1. The number of carbonyl (C=O) groups excluding carboxylic acids is 1. The number of hydrogen-bond acceptors (Lipinski definition) is 5. The van der Waals surface area contributed by atoms with Crippen LogP contribution in [0.15, 0.2) is 51.7 Å². The minimum Gasteiger partial charge on any atom is -0.508 e. The van der Waals surface area contributed by atoms with Gasteiger partial charge < -0.3 is 19.5 Å². The molecule has 7 heteroatoms. The molecular formula is C24H24ClNO5. The number of rotatable bonds is 4. The highest BCUT2D eigenvalue weighted by Crippen LogP contribution is 2.33. The number of aryl methyl sites for hydroxylation is 1. The molecule has 3 aromatic rings. The summed E-state index contributed by atoms with van der Waals surface area (Å²) in [4.78, 5) is 26.9. The van der Waals surface area contributed by atoms with Gasteiger partial charge in [0.05, 0.1) is 5.60 Å². The lowest BCUT2D eigenvalue weighted by Gasteiger charge is -2.38. The molecule has 0 bridgehead atoms. The molecule has 2 aromatic carbocycles. The highest BCUT2D eigenvalue weighted by molar-refractivity contribution is 6.30. The van der Waals surface area contributed by atoms with Gasteiger partial charge in [0.15, 0.2) is 0 Å². The van der Waals surface area contributed by atoms with Crippen molar-refractivity contribution in [1.29, 1.82) is 0 Å². The van der Waals surface area contributed by atoms with Crippen molar-refractivity contribution in [3.05, 3.63) is 74.6 Å². The number of aliphatic hydroxyl groups is 1. The number of halogens is 1. The molecule has 1 aliphatic heterocycles. The van der Waals surface area contributed by atoms with Gasteiger partial charge in [0.2, 0.25) is 5.91 Å². The molecular weight excluding hydrogens is 418 g/mol. The molecule has 1 aliphatic rings. The number of hydrogen-bond donors (Lipinski definition) is 2. The molecule has 0 spiro atoms. The third kappa shape index (κ3) is 4.31. The Bertz CT molecular complexity index is 1180. The Hall–Kier alpha value is -2.83. The van der Waals surface area contributed by atoms with Gasteiger partial charge in [0.1, 0.15) is 11.3 Å². The summed E-state index contributed by atoms with van der Waals surface area (Å²) in [5, 5.41) is 21.9. The van der Waals surface area contributed by atoms with E-state index in [0.29, 0.717) is 42.1 Å². The quantitative estimate of drug-likeness (QED) is 0.599. The molecule has 2 heterocycles. The first-order chi connectivity index (χ1) is 14.8. The fourth-order valence-corrected chi connectivity index (χ4v) is 4.36. The van der Waals surface area contributed by atoms with Gasteiger partial charge in [-0.25, -0.2) is 4.79 Å². The lowest BCUT2D eigenvalue weighted by molar-refractivity contribution is -0.135. The number of carbonyl (C=O) groups is 1. The highest BCUT2D eigenvalue weighted by Gasteiger charge is 2.35. The van der Waals surface area contributed by atoms with E-state index >= 15 is 0 Å². The normalized spacial score (nSPS) is 15.9. The topological polar surface area (TPSA) is 91.0 Å². The standard InChI is InChI=1S/C24H24ClNO5/c1-15-19-7-6-18(27)14-21(19)31-23(29)20(15)8-9-22(28)26-12-10-24(30,11-13-26)16-2-4-17(25)5-3-16/h2-7,14,27,30H,8-13H2,1H3. The number of aromatic hydroxyl groups is 1. The van der Waals surface area contributed by atoms with E-state index in [2.05, 4.69) is 0 Å². The third-order valence-electron chi connectivity index (χ3n) is 6.18. The lowest BCUT2D eigenvalue weighted by atomic mass is 9.84. The van der Waals surface area contributed by atoms with E-state index in [9.17, 15) is 19.8 Å². The van der Waals surface area contributed by atoms with E-state index in [-0.39, 0.29) is 24.5 Å². The second-order valence-electron chi connectivity index (χ2n) is 8.09. The van der Waals surface area contributed by atoms with E-state index in [1.54, 1.807) is 29.2 Å². The van der Waals surface area contributed by atoms with Gasteiger partial charge in [-0.1, -0.05) is 23.7 Å². The molecule has 1 amide bonds. The molecule has 162 valence electrons. The van der Waals surface area contributed by atoms with Gasteiger partial charge >= 0.3 is 5.63 Å². The number of benzene rings is 2. The Kier molecular flexibility index (Phi) is 5.77. The van der Waals surface area contributed by atoms with Crippen molar-refractivity contribution < 1.29 is 19.4 Å². The van der Waals surface area contributed by atoms with Gasteiger partial charge in [-0.2, -0.15) is 0 Å². The van der Waals surface area contributed by atoms with E-state index in [1.165, 1.54) is 6.07 Å². The summed E-state index contributed by atoms with van der Waals surface area (Å²) in [5.41, 5.74) is 0.910. The zero-order chi connectivity index (χ0) is 22.2. The Balaban J connectivity index is 1.41. The largest absolute Gasteiger partial charge is 0.508 e. The summed E-state index contributed by atoms with van der Waals surface area (Å²) in [6.07, 6.45) is 1.36. The predicted octanol–water partition coefficient (Wildman–Crippen LogP) is 3.90. The first kappa shape index (κ1) is 21.4. The number of phenolic OH excluding ortho intramolecular Hbond substituents is 1. The number of nitrogens with zero attached hydrogens (tertiary/aromatic N) is 1. The van der Waals surface area contributed by atoms with Crippen molar-refractivity contribution in [3.63, 3.8) is 0 Å². The van der Waals surface area contributed by atoms with Crippen LogP contribution in [0.25, 0.3) is 11.0 Å². The summed E-state index contributed by atoms with van der Waals surface area (Å²) in [6.45, 7) is 2.72. The molecule has 1 fully saturated rings. The molecule has 1 saturated heterocycles. The molecule has 0 saturated carbocycles. The molecule has 0 unspecified atom stereocenters. The van der Waals surface area contributed by atoms with Gasteiger partial charge in [-0.3, -0.25) is 4.79 Å². The highest BCUT2D eigenvalue weighted by atomic mass is 35.5. The monoisotopic (exact) mass is 441 g/mol. The van der Waals surface area contributed by atoms with Crippen LogP contribution in [-0.2, 0) is 16.8 Å². The predicted molar refractivity (Wildman–Crippen MR) is 118 cm³/mol. The van der Waals surface area contributed by atoms with Crippen molar-refractivity contribution in [2.45, 2.75) is 38.2 Å². The molecule has 6 nitrogen and oxygen atoms in total. The SMILES string of the molecule is Cc1c(CCC(=O)N2CCC(O)(c3ccc(Cl)cc3)CC2)c(=O)oc2cc(O)ccc12. The Morgan fingerprint density at radius 2 is 1.84 bits per heavy atom. The van der Waals surface area contributed by atoms with E-state index in [1.807, 2.05) is 19.1 Å². The van der Waals surface area contributed by atoms with Crippen LogP contribution in [-0.4, -0.2) is 34.1 Å². The number of phenols is 1. The number of piperidine rings is 1. The van der Waals surface area contributed by atoms with Crippen molar-refractivity contribution in [3.8, 4) is 5.75 Å². The van der Waals surface area contributed by atoms with E-state index in [0.717, 1.165) is 16.5 Å². The lowest BCUT2D eigenvalue weighted by Crippen LogP contribution is -2.45. The van der Waals surface area contributed by atoms with Crippen LogP contribution >= 0.6 is 11.6 Å². The first-order valence-corrected chi connectivity index (χ1v) is 10.7. The number of likely N-dealkylation sites (tertiary alicyclic amines) is 1. The molecule has 0 radical (unpaired) electrons. The third-order valence-corrected chi connectivity index (χ3v) is 6.44. The van der Waals surface area contributed by atoms with Crippen LogP contribution in [0.4, 0.5) is 0 Å². The molecule has 31 heavy (non-hydrogen) atoms. The van der Waals surface area contributed by atoms with Crippen LogP contribution in [0.2, 0.25) is 5.02 Å². The van der Waals surface area contributed by atoms with Gasteiger partial charge in [0.25, 0.3) is 0 Å². The molecule has 0 atom stereocenters. The van der Waals surface area contributed by atoms with Crippen LogP contribution in [0.3, 0.4) is 0 Å². The molecule has 0 aliphatic carbocycles. The Morgan fingerprint density at radius 3 is 2.52 bits per heavy atom. The van der Waals surface area contributed by atoms with Crippen LogP contribution in [0, 0.1) is 6.92 Å². The minimum atomic E-state index is -0.969. The van der Waals surface area contributed by atoms with Crippen molar-refractivity contribution in [1.82, 2.24) is 4.90 Å². The fourth-order valence-electron chi connectivity index (χ4n) is 4.24. The first-order valence-electron chi connectivity index (χ1n) is 10.3. The summed E-state index contributed by atoms with van der Waals surface area (Å²) in [7, 11) is 0. The van der Waals surface area contributed by atoms with Crippen molar-refractivity contribution >= 4 is 28.5 Å². The maximum Gasteiger partial charge on any atom is 0.339 e. The average Bonchev–Trinajstić information content (AvgIpc) is 2.74. The maximum atomic E-state index is 12.8. The Morgan fingerprint density at radius 1 is 1.16 bits per heavy atom. The van der Waals surface area contributed by atoms with Crippen LogP contribution in [0.1, 0.15) is 36.0 Å². The number of fused-ring (bicyclic) bond motifs is 1. The molecule has 4 rings (SSSR count). The minimum absolute atomic E-state index is 0.0293. The molecule has 1 aromatic heterocycles. The summed E-state index contributed by atoms with van der Waals surface area (Å²) in [5.74, 6) is -0.0237. The van der Waals surface area contributed by atoms with Crippen molar-refractivity contribution in [2.24, 2.45) is 0 Å². The van der Waals surface area contributed by atoms with Gasteiger partial charge in [0, 0.05) is 41.5 Å². The van der Waals surface area contributed by atoms with E-state index in [4.69, 9.17) is 16.0 Å². The van der Waals surface area contributed by atoms with Crippen molar-refractivity contribution in [2.75, 3.05) is 13.1 Å². The average molecular weight is 442 g/mol. The fraction of sp³-hybridized carbons (Fsp3) is 0.333. The maximum absolute atomic E-state index is 12.8. The summed E-state index contributed by atoms with van der Waals surface area (Å²) >= 11 is 5.93. The van der Waals surface area contributed by atoms with Gasteiger partial charge in [-0.05, 0) is 61.6 Å². The summed E-state index contributed by atoms with van der Waals surface area (Å²) < 4.78 is 5.33. The Labute approximate surface area is 184 Å². The van der Waals surface area contributed by atoms with Crippen LogP contribution in [0.5, 0.6) is 5.75 Å². The van der Waals surface area contributed by atoms with Crippen LogP contribution < -0.4 is 5.63 Å². The second kappa shape index (κ2) is 8.36. The smallest absolute Gasteiger partial charge is 0.339 e. The van der Waals surface area contributed by atoms with Gasteiger partial charge in [-0.15, -0.1) is 0 Å². The van der Waals surface area contributed by atoms with E-state index < -0.39 is 11.2 Å². The second-order valence-corrected chi connectivity index (χ2v) is 8.53. The zero-order valence-corrected chi connectivity index (χ0v) is 18.0. The summed E-state index contributed by atoms with van der Waals surface area (Å²) in [6, 6.07) is 11.8. The zero-order valence-electron chi connectivity index (χ0n) is 17.2. The molecule has 2 N–H and O–H groups in total.